The number of anilines is 2. The van der Waals surface area contributed by atoms with Gasteiger partial charge in [0, 0.05) is 11.9 Å². The van der Waals surface area contributed by atoms with Gasteiger partial charge in [0.15, 0.2) is 0 Å². The summed E-state index contributed by atoms with van der Waals surface area (Å²) in [5.74, 6) is 0.543. The Morgan fingerprint density at radius 1 is 1.16 bits per heavy atom. The van der Waals surface area contributed by atoms with Crippen LogP contribution in [-0.2, 0) is 12.7 Å². The largest absolute Gasteiger partial charge is 0.416 e. The Morgan fingerprint density at radius 2 is 1.92 bits per heavy atom. The van der Waals surface area contributed by atoms with E-state index in [4.69, 9.17) is 5.11 Å². The van der Waals surface area contributed by atoms with Gasteiger partial charge in [-0.2, -0.15) is 18.0 Å². The van der Waals surface area contributed by atoms with E-state index in [0.29, 0.717) is 17.1 Å². The molecule has 2 aromatic heterocycles. The van der Waals surface area contributed by atoms with Gasteiger partial charge in [-0.05, 0) is 29.5 Å². The number of rotatable bonds is 5. The second kappa shape index (κ2) is 6.81. The van der Waals surface area contributed by atoms with Crippen molar-refractivity contribution >= 4 is 11.5 Å². The van der Waals surface area contributed by atoms with Crippen LogP contribution in [0.2, 0.25) is 0 Å². The fourth-order valence-electron chi connectivity index (χ4n) is 2.01. The third-order valence-electron chi connectivity index (χ3n) is 3.18. The van der Waals surface area contributed by atoms with Crippen molar-refractivity contribution < 1.29 is 18.3 Å². The van der Waals surface area contributed by atoms with E-state index in [1.54, 1.807) is 0 Å². The number of benzene rings is 1. The minimum atomic E-state index is -4.40. The van der Waals surface area contributed by atoms with Crippen LogP contribution in [0.25, 0.3) is 11.4 Å². The van der Waals surface area contributed by atoms with Gasteiger partial charge in [-0.15, -0.1) is 10.2 Å². The molecule has 25 heavy (non-hydrogen) atoms. The van der Waals surface area contributed by atoms with E-state index >= 15 is 0 Å². The number of tetrazole rings is 1. The first-order valence-corrected chi connectivity index (χ1v) is 7.10. The molecular weight excluding hydrogens is 339 g/mol. The molecule has 0 saturated carbocycles. The van der Waals surface area contributed by atoms with Gasteiger partial charge in [-0.25, -0.2) is 9.97 Å². The summed E-state index contributed by atoms with van der Waals surface area (Å²) < 4.78 is 37.8. The Morgan fingerprint density at radius 3 is 2.60 bits per heavy atom. The fraction of sp³-hybridized carbons (Fsp3) is 0.214. The highest BCUT2D eigenvalue weighted by Gasteiger charge is 2.30. The van der Waals surface area contributed by atoms with Crippen molar-refractivity contribution in [1.82, 2.24) is 30.2 Å². The molecule has 3 aromatic rings. The molecule has 3 rings (SSSR count). The van der Waals surface area contributed by atoms with Gasteiger partial charge in [-0.3, -0.25) is 0 Å². The lowest BCUT2D eigenvalue weighted by molar-refractivity contribution is -0.137. The van der Waals surface area contributed by atoms with E-state index in [2.05, 4.69) is 30.7 Å². The number of nitrogens with zero attached hydrogens (tertiary/aromatic N) is 6. The summed E-state index contributed by atoms with van der Waals surface area (Å²) >= 11 is 0. The van der Waals surface area contributed by atoms with Crippen molar-refractivity contribution in [2.45, 2.75) is 12.7 Å². The van der Waals surface area contributed by atoms with E-state index in [9.17, 15) is 13.2 Å². The van der Waals surface area contributed by atoms with Crippen LogP contribution in [0.5, 0.6) is 0 Å². The third kappa shape index (κ3) is 3.88. The van der Waals surface area contributed by atoms with E-state index in [-0.39, 0.29) is 19.0 Å². The number of aromatic nitrogens is 6. The number of aliphatic hydroxyl groups is 1. The highest BCUT2D eigenvalue weighted by atomic mass is 19.4. The average molecular weight is 351 g/mol. The smallest absolute Gasteiger partial charge is 0.394 e. The minimum absolute atomic E-state index is 0.141. The monoisotopic (exact) mass is 351 g/mol. The molecule has 0 aliphatic carbocycles. The van der Waals surface area contributed by atoms with Crippen LogP contribution >= 0.6 is 0 Å². The molecule has 0 aliphatic rings. The maximum absolute atomic E-state index is 12.6. The molecule has 0 radical (unpaired) electrons. The number of alkyl halides is 3. The van der Waals surface area contributed by atoms with Crippen molar-refractivity contribution in [2.24, 2.45) is 0 Å². The zero-order valence-electron chi connectivity index (χ0n) is 12.6. The minimum Gasteiger partial charge on any atom is -0.394 e. The third-order valence-corrected chi connectivity index (χ3v) is 3.18. The van der Waals surface area contributed by atoms with Gasteiger partial charge in [0.2, 0.25) is 5.82 Å². The standard InChI is InChI=1S/C14H12F3N7O/c15-14(16,17)9-1-3-10(4-2-9)20-12-11(7-18-8-19-12)13-21-23-24(22-13)5-6-25/h1-4,7-8,25H,5-6H2,(H,18,19,20). The lowest BCUT2D eigenvalue weighted by atomic mass is 10.2. The molecule has 0 saturated heterocycles. The molecule has 2 heterocycles. The zero-order valence-corrected chi connectivity index (χ0v) is 12.6. The predicted molar refractivity (Wildman–Crippen MR) is 80.7 cm³/mol. The SMILES string of the molecule is OCCn1nnc(-c2cncnc2Nc2ccc(C(F)(F)F)cc2)n1. The zero-order chi connectivity index (χ0) is 17.9. The van der Waals surface area contributed by atoms with Crippen molar-refractivity contribution in [3.8, 4) is 11.4 Å². The van der Waals surface area contributed by atoms with Crippen LogP contribution < -0.4 is 5.32 Å². The van der Waals surface area contributed by atoms with Gasteiger partial charge in [0.05, 0.1) is 24.3 Å². The maximum Gasteiger partial charge on any atom is 0.416 e. The Kier molecular flexibility index (Phi) is 4.57. The molecule has 0 atom stereocenters. The first kappa shape index (κ1) is 16.8. The van der Waals surface area contributed by atoms with Crippen molar-refractivity contribution in [3.63, 3.8) is 0 Å². The normalized spacial score (nSPS) is 11.5. The molecule has 0 bridgehead atoms. The Hall–Kier alpha value is -3.08. The second-order valence-electron chi connectivity index (χ2n) is 4.92. The second-order valence-corrected chi connectivity index (χ2v) is 4.92. The van der Waals surface area contributed by atoms with E-state index in [0.717, 1.165) is 12.1 Å². The summed E-state index contributed by atoms with van der Waals surface area (Å²) in [6.07, 6.45) is -1.65. The summed E-state index contributed by atoms with van der Waals surface area (Å²) in [7, 11) is 0. The van der Waals surface area contributed by atoms with Gasteiger partial charge in [0.1, 0.15) is 12.1 Å². The Bertz CT molecular complexity index is 848. The highest BCUT2D eigenvalue weighted by molar-refractivity contribution is 5.73. The first-order valence-electron chi connectivity index (χ1n) is 7.10. The highest BCUT2D eigenvalue weighted by Crippen LogP contribution is 2.31. The topological polar surface area (TPSA) is 102 Å². The number of nitrogens with one attached hydrogen (secondary N) is 1. The van der Waals surface area contributed by atoms with Crippen molar-refractivity contribution in [1.29, 1.82) is 0 Å². The lowest BCUT2D eigenvalue weighted by Gasteiger charge is -2.10. The van der Waals surface area contributed by atoms with Gasteiger partial charge < -0.3 is 10.4 Å². The molecule has 0 fully saturated rings. The van der Waals surface area contributed by atoms with Crippen LogP contribution in [0.4, 0.5) is 24.7 Å². The molecule has 11 heteroatoms. The van der Waals surface area contributed by atoms with E-state index < -0.39 is 11.7 Å². The predicted octanol–water partition coefficient (Wildman–Crippen LogP) is 1.88. The summed E-state index contributed by atoms with van der Waals surface area (Å²) in [4.78, 5) is 9.18. The van der Waals surface area contributed by atoms with Crippen LogP contribution in [-0.4, -0.2) is 41.9 Å². The van der Waals surface area contributed by atoms with Gasteiger partial charge in [0.25, 0.3) is 0 Å². The van der Waals surface area contributed by atoms with E-state index in [1.165, 1.54) is 29.5 Å². The first-order chi connectivity index (χ1) is 12.0. The fourth-order valence-corrected chi connectivity index (χ4v) is 2.01. The average Bonchev–Trinajstić information content (AvgIpc) is 3.04. The van der Waals surface area contributed by atoms with Crippen LogP contribution in [0.15, 0.2) is 36.8 Å². The molecule has 130 valence electrons. The van der Waals surface area contributed by atoms with Crippen molar-refractivity contribution in [2.75, 3.05) is 11.9 Å². The number of hydrogen-bond acceptors (Lipinski definition) is 7. The molecule has 2 N–H and O–H groups in total. The number of halogens is 3. The molecule has 1 aromatic carbocycles. The number of hydrogen-bond donors (Lipinski definition) is 2. The maximum atomic E-state index is 12.6. The molecule has 0 aliphatic heterocycles. The molecule has 0 unspecified atom stereocenters. The molecule has 0 amide bonds. The lowest BCUT2D eigenvalue weighted by Crippen LogP contribution is -2.06. The molecule has 0 spiro atoms. The Balaban J connectivity index is 1.85. The summed E-state index contributed by atoms with van der Waals surface area (Å²) in [6, 6.07) is 4.54. The summed E-state index contributed by atoms with van der Waals surface area (Å²) in [5, 5.41) is 23.5. The number of aliphatic hydroxyl groups excluding tert-OH is 1. The summed E-state index contributed by atoms with van der Waals surface area (Å²) in [5.41, 5.74) is 0.0943. The van der Waals surface area contributed by atoms with E-state index in [1.807, 2.05) is 0 Å². The van der Waals surface area contributed by atoms with Crippen molar-refractivity contribution in [3.05, 3.63) is 42.4 Å². The quantitative estimate of drug-likeness (QED) is 0.724. The van der Waals surface area contributed by atoms with Gasteiger partial charge in [-0.1, -0.05) is 0 Å². The van der Waals surface area contributed by atoms with Crippen LogP contribution in [0, 0.1) is 0 Å². The molecule has 8 nitrogen and oxygen atoms in total. The Labute approximate surface area is 139 Å². The van der Waals surface area contributed by atoms with Crippen LogP contribution in [0.1, 0.15) is 5.56 Å². The molecular formula is C14H12F3N7O. The van der Waals surface area contributed by atoms with Gasteiger partial charge >= 0.3 is 6.18 Å². The van der Waals surface area contributed by atoms with Crippen LogP contribution in [0.3, 0.4) is 0 Å². The summed E-state index contributed by atoms with van der Waals surface area (Å²) in [6.45, 7) is 0.0418.